The first kappa shape index (κ1) is 19.0. The van der Waals surface area contributed by atoms with Crippen molar-refractivity contribution < 1.29 is 9.53 Å². The number of hydrogen-bond acceptors (Lipinski definition) is 4. The molecule has 25 heavy (non-hydrogen) atoms. The van der Waals surface area contributed by atoms with Gasteiger partial charge in [-0.15, -0.1) is 0 Å². The van der Waals surface area contributed by atoms with Crippen molar-refractivity contribution in [2.75, 3.05) is 12.3 Å². The minimum atomic E-state index is -0.330. The Hall–Kier alpha value is -2.34. The number of nitrogens with two attached hydrogens (primary N) is 1. The van der Waals surface area contributed by atoms with Gasteiger partial charge in [-0.05, 0) is 64.2 Å². The fourth-order valence-electron chi connectivity index (χ4n) is 2.14. The van der Waals surface area contributed by atoms with Gasteiger partial charge in [0.1, 0.15) is 5.75 Å². The van der Waals surface area contributed by atoms with E-state index in [0.29, 0.717) is 23.1 Å². The molecule has 2 aromatic rings. The van der Waals surface area contributed by atoms with Gasteiger partial charge in [0.05, 0.1) is 10.2 Å². The first-order valence-electron chi connectivity index (χ1n) is 7.98. The van der Waals surface area contributed by atoms with Gasteiger partial charge in [0.25, 0.3) is 5.91 Å². The van der Waals surface area contributed by atoms with Crippen LogP contribution in [-0.2, 0) is 4.79 Å². The summed E-state index contributed by atoms with van der Waals surface area (Å²) < 4.78 is 6.37. The molecular formula is C19H22BrN3O2. The Morgan fingerprint density at radius 3 is 2.68 bits per heavy atom. The summed E-state index contributed by atoms with van der Waals surface area (Å²) in [5, 5.41) is 4.08. The topological polar surface area (TPSA) is 76.7 Å². The van der Waals surface area contributed by atoms with E-state index < -0.39 is 0 Å². The minimum Gasteiger partial charge on any atom is -0.483 e. The highest BCUT2D eigenvalue weighted by atomic mass is 79.9. The highest BCUT2D eigenvalue weighted by Crippen LogP contribution is 2.28. The van der Waals surface area contributed by atoms with Gasteiger partial charge in [0.2, 0.25) is 0 Å². The normalized spacial score (nSPS) is 11.5. The molecule has 6 heteroatoms. The first-order valence-corrected chi connectivity index (χ1v) is 8.77. The van der Waals surface area contributed by atoms with Crippen LogP contribution in [0.1, 0.15) is 37.8 Å². The van der Waals surface area contributed by atoms with Crippen LogP contribution in [0.25, 0.3) is 0 Å². The van der Waals surface area contributed by atoms with Crippen molar-refractivity contribution >= 4 is 33.2 Å². The standard InChI is InChI=1S/C19H22BrN3O2/c1-12(2)14-7-8-18(17(20)10-14)25-11-19(24)23-22-13(3)15-5-4-6-16(21)9-15/h4-10,12H,11,21H2,1-3H3,(H,23,24). The number of carbonyl (C=O) groups excluding carboxylic acids is 1. The van der Waals surface area contributed by atoms with Gasteiger partial charge in [-0.3, -0.25) is 4.79 Å². The SMILES string of the molecule is CC(=NNC(=O)COc1ccc(C(C)C)cc1Br)c1cccc(N)c1. The molecule has 0 aromatic heterocycles. The number of nitrogen functional groups attached to an aromatic ring is 1. The summed E-state index contributed by atoms with van der Waals surface area (Å²) >= 11 is 3.47. The molecule has 0 aliphatic heterocycles. The van der Waals surface area contributed by atoms with Crippen LogP contribution in [0.2, 0.25) is 0 Å². The average molecular weight is 404 g/mol. The Labute approximate surface area is 156 Å². The number of amides is 1. The quantitative estimate of drug-likeness (QED) is 0.433. The van der Waals surface area contributed by atoms with Crippen LogP contribution in [0.15, 0.2) is 52.0 Å². The van der Waals surface area contributed by atoms with Crippen LogP contribution in [-0.4, -0.2) is 18.2 Å². The molecule has 2 rings (SSSR count). The van der Waals surface area contributed by atoms with Gasteiger partial charge in [-0.25, -0.2) is 5.43 Å². The fraction of sp³-hybridized carbons (Fsp3) is 0.263. The molecular weight excluding hydrogens is 382 g/mol. The molecule has 0 aliphatic rings. The molecule has 0 saturated carbocycles. The van der Waals surface area contributed by atoms with E-state index in [0.717, 1.165) is 10.0 Å². The van der Waals surface area contributed by atoms with Gasteiger partial charge < -0.3 is 10.5 Å². The van der Waals surface area contributed by atoms with Crippen LogP contribution < -0.4 is 15.9 Å². The lowest BCUT2D eigenvalue weighted by Gasteiger charge is -2.11. The molecule has 5 nitrogen and oxygen atoms in total. The molecule has 0 bridgehead atoms. The molecule has 0 aliphatic carbocycles. The maximum atomic E-state index is 11.9. The summed E-state index contributed by atoms with van der Waals surface area (Å²) in [6.07, 6.45) is 0. The van der Waals surface area contributed by atoms with Crippen molar-refractivity contribution in [1.29, 1.82) is 0 Å². The lowest BCUT2D eigenvalue weighted by molar-refractivity contribution is -0.123. The largest absolute Gasteiger partial charge is 0.483 e. The van der Waals surface area contributed by atoms with Crippen LogP contribution in [0.4, 0.5) is 5.69 Å². The van der Waals surface area contributed by atoms with Crippen LogP contribution >= 0.6 is 15.9 Å². The van der Waals surface area contributed by atoms with E-state index in [9.17, 15) is 4.79 Å². The number of hydrazone groups is 1. The first-order chi connectivity index (χ1) is 11.9. The van der Waals surface area contributed by atoms with Gasteiger partial charge in [0, 0.05) is 5.69 Å². The number of rotatable bonds is 6. The molecule has 132 valence electrons. The number of nitrogens with one attached hydrogen (secondary N) is 1. The Kier molecular flexibility index (Phi) is 6.58. The van der Waals surface area contributed by atoms with Gasteiger partial charge >= 0.3 is 0 Å². The fourth-order valence-corrected chi connectivity index (χ4v) is 2.65. The highest BCUT2D eigenvalue weighted by molar-refractivity contribution is 9.10. The van der Waals surface area contributed by atoms with Gasteiger partial charge in [0.15, 0.2) is 6.61 Å². The molecule has 0 saturated heterocycles. The van der Waals surface area contributed by atoms with E-state index in [1.54, 1.807) is 19.1 Å². The predicted molar refractivity (Wildman–Crippen MR) is 105 cm³/mol. The maximum Gasteiger partial charge on any atom is 0.277 e. The van der Waals surface area contributed by atoms with E-state index in [1.165, 1.54) is 5.56 Å². The Morgan fingerprint density at radius 2 is 2.04 bits per heavy atom. The van der Waals surface area contributed by atoms with E-state index in [2.05, 4.69) is 40.3 Å². The summed E-state index contributed by atoms with van der Waals surface area (Å²) in [4.78, 5) is 11.9. The number of anilines is 1. The molecule has 0 atom stereocenters. The number of benzene rings is 2. The van der Waals surface area contributed by atoms with Gasteiger partial charge in [-0.2, -0.15) is 5.10 Å². The highest BCUT2D eigenvalue weighted by Gasteiger charge is 2.08. The lowest BCUT2D eigenvalue weighted by atomic mass is 10.0. The Balaban J connectivity index is 1.91. The molecule has 0 spiro atoms. The molecule has 0 fully saturated rings. The monoisotopic (exact) mass is 403 g/mol. The lowest BCUT2D eigenvalue weighted by Crippen LogP contribution is -2.25. The van der Waals surface area contributed by atoms with Crippen molar-refractivity contribution in [2.24, 2.45) is 5.10 Å². The summed E-state index contributed by atoms with van der Waals surface area (Å²) in [5.41, 5.74) is 11.6. The second-order valence-corrected chi connectivity index (χ2v) is 6.85. The zero-order chi connectivity index (χ0) is 18.4. The van der Waals surface area contributed by atoms with Crippen LogP contribution in [0.5, 0.6) is 5.75 Å². The number of halogens is 1. The smallest absolute Gasteiger partial charge is 0.277 e. The van der Waals surface area contributed by atoms with Crippen molar-refractivity contribution in [2.45, 2.75) is 26.7 Å². The second-order valence-electron chi connectivity index (χ2n) is 5.99. The third-order valence-electron chi connectivity index (χ3n) is 3.63. The van der Waals surface area contributed by atoms with E-state index >= 15 is 0 Å². The summed E-state index contributed by atoms with van der Waals surface area (Å²) in [6, 6.07) is 13.2. The number of ether oxygens (including phenoxy) is 1. The van der Waals surface area contributed by atoms with Crippen molar-refractivity contribution in [3.8, 4) is 5.75 Å². The van der Waals surface area contributed by atoms with E-state index in [1.807, 2.05) is 30.3 Å². The molecule has 0 heterocycles. The van der Waals surface area contributed by atoms with Crippen molar-refractivity contribution in [3.63, 3.8) is 0 Å². The van der Waals surface area contributed by atoms with Crippen molar-refractivity contribution in [1.82, 2.24) is 5.43 Å². The number of nitrogens with zero attached hydrogens (tertiary/aromatic N) is 1. The van der Waals surface area contributed by atoms with Crippen LogP contribution in [0.3, 0.4) is 0 Å². The molecule has 0 radical (unpaired) electrons. The van der Waals surface area contributed by atoms with E-state index in [-0.39, 0.29) is 12.5 Å². The van der Waals surface area contributed by atoms with Crippen molar-refractivity contribution in [3.05, 3.63) is 58.1 Å². The summed E-state index contributed by atoms with van der Waals surface area (Å²) in [6.45, 7) is 5.93. The molecule has 2 aromatic carbocycles. The molecule has 1 amide bonds. The summed E-state index contributed by atoms with van der Waals surface area (Å²) in [5.74, 6) is 0.720. The van der Waals surface area contributed by atoms with E-state index in [4.69, 9.17) is 10.5 Å². The molecule has 0 unspecified atom stereocenters. The molecule has 3 N–H and O–H groups in total. The third-order valence-corrected chi connectivity index (χ3v) is 4.25. The predicted octanol–water partition coefficient (Wildman–Crippen LogP) is 4.07. The van der Waals surface area contributed by atoms with Gasteiger partial charge in [-0.1, -0.05) is 32.0 Å². The zero-order valence-corrected chi connectivity index (χ0v) is 16.1. The zero-order valence-electron chi connectivity index (χ0n) is 14.5. The average Bonchev–Trinajstić information content (AvgIpc) is 2.58. The van der Waals surface area contributed by atoms with Crippen LogP contribution in [0, 0.1) is 0 Å². The Morgan fingerprint density at radius 1 is 1.28 bits per heavy atom. The minimum absolute atomic E-state index is 0.118. The maximum absolute atomic E-state index is 11.9. The Bertz CT molecular complexity index is 788. The summed E-state index contributed by atoms with van der Waals surface area (Å²) in [7, 11) is 0. The number of carbonyl (C=O) groups is 1. The number of hydrogen-bond donors (Lipinski definition) is 2. The second kappa shape index (κ2) is 8.67. The third kappa shape index (κ3) is 5.60.